The van der Waals surface area contributed by atoms with Gasteiger partial charge in [0.2, 0.25) is 0 Å². The number of aromatic hydroxyl groups is 2. The number of nitrogens with one attached hydrogen (secondary N) is 1. The topological polar surface area (TPSA) is 91.9 Å². The van der Waals surface area contributed by atoms with E-state index in [-0.39, 0.29) is 11.5 Å². The SMILES string of the molecule is CCc1cc(-c2n[nH]c(=S)n2-c2ccc3c(c2)nc(CC)n3CC)c(O)cc1O. The highest BCUT2D eigenvalue weighted by Gasteiger charge is 2.18. The van der Waals surface area contributed by atoms with Gasteiger partial charge in [0.1, 0.15) is 17.3 Å². The van der Waals surface area contributed by atoms with Crippen LogP contribution in [-0.4, -0.2) is 34.5 Å². The molecule has 3 N–H and O–H groups in total. The van der Waals surface area contributed by atoms with Gasteiger partial charge in [0.15, 0.2) is 10.6 Å². The first-order valence-electron chi connectivity index (χ1n) is 9.70. The highest BCUT2D eigenvalue weighted by Crippen LogP contribution is 2.35. The van der Waals surface area contributed by atoms with Crippen molar-refractivity contribution in [1.82, 2.24) is 24.3 Å². The van der Waals surface area contributed by atoms with Crippen LogP contribution >= 0.6 is 12.2 Å². The maximum Gasteiger partial charge on any atom is 0.200 e. The van der Waals surface area contributed by atoms with Gasteiger partial charge >= 0.3 is 0 Å². The summed E-state index contributed by atoms with van der Waals surface area (Å²) in [6.07, 6.45) is 1.49. The Kier molecular flexibility index (Phi) is 4.87. The second-order valence-corrected chi connectivity index (χ2v) is 7.22. The second kappa shape index (κ2) is 7.36. The Morgan fingerprint density at radius 1 is 1.03 bits per heavy atom. The Labute approximate surface area is 173 Å². The Balaban J connectivity index is 1.92. The van der Waals surface area contributed by atoms with Gasteiger partial charge in [0.25, 0.3) is 0 Å². The first kappa shape index (κ1) is 19.2. The van der Waals surface area contributed by atoms with Crippen LogP contribution in [0.4, 0.5) is 0 Å². The molecule has 0 aliphatic heterocycles. The van der Waals surface area contributed by atoms with Crippen molar-refractivity contribution in [3.8, 4) is 28.6 Å². The number of hydrogen-bond donors (Lipinski definition) is 3. The summed E-state index contributed by atoms with van der Waals surface area (Å²) in [6.45, 7) is 7.00. The molecule has 0 bridgehead atoms. The van der Waals surface area contributed by atoms with Crippen molar-refractivity contribution in [3.63, 3.8) is 0 Å². The molecule has 0 atom stereocenters. The fraction of sp³-hybridized carbons (Fsp3) is 0.286. The highest BCUT2D eigenvalue weighted by atomic mass is 32.1. The number of benzene rings is 2. The summed E-state index contributed by atoms with van der Waals surface area (Å²) in [7, 11) is 0. The minimum absolute atomic E-state index is 0.0560. The molecule has 0 unspecified atom stereocenters. The molecular formula is C21H23N5O2S. The monoisotopic (exact) mass is 409 g/mol. The Morgan fingerprint density at radius 3 is 2.52 bits per heavy atom. The van der Waals surface area contributed by atoms with Gasteiger partial charge in [-0.05, 0) is 55.4 Å². The molecule has 0 fully saturated rings. The van der Waals surface area contributed by atoms with Gasteiger partial charge in [-0.1, -0.05) is 13.8 Å². The van der Waals surface area contributed by atoms with Crippen LogP contribution in [0, 0.1) is 4.77 Å². The van der Waals surface area contributed by atoms with Crippen LogP contribution in [-0.2, 0) is 19.4 Å². The maximum atomic E-state index is 10.4. The summed E-state index contributed by atoms with van der Waals surface area (Å²) in [6, 6.07) is 9.07. The van der Waals surface area contributed by atoms with Crippen LogP contribution in [0.5, 0.6) is 11.5 Å². The number of fused-ring (bicyclic) bond motifs is 1. The van der Waals surface area contributed by atoms with Crippen molar-refractivity contribution >= 4 is 23.3 Å². The smallest absolute Gasteiger partial charge is 0.200 e. The second-order valence-electron chi connectivity index (χ2n) is 6.84. The summed E-state index contributed by atoms with van der Waals surface area (Å²) in [5.41, 5.74) is 3.99. The van der Waals surface area contributed by atoms with Crippen molar-refractivity contribution in [2.75, 3.05) is 0 Å². The van der Waals surface area contributed by atoms with Crippen molar-refractivity contribution in [2.24, 2.45) is 0 Å². The van der Waals surface area contributed by atoms with E-state index < -0.39 is 0 Å². The lowest BCUT2D eigenvalue weighted by Gasteiger charge is -2.11. The van der Waals surface area contributed by atoms with E-state index in [1.54, 1.807) is 10.6 Å². The van der Waals surface area contributed by atoms with Gasteiger partial charge in [-0.2, -0.15) is 5.10 Å². The quantitative estimate of drug-likeness (QED) is 0.422. The summed E-state index contributed by atoms with van der Waals surface area (Å²) >= 11 is 5.47. The molecule has 4 rings (SSSR count). The van der Waals surface area contributed by atoms with Gasteiger partial charge < -0.3 is 14.8 Å². The minimum Gasteiger partial charge on any atom is -0.508 e. The average Bonchev–Trinajstić information content (AvgIpc) is 3.27. The molecule has 7 nitrogen and oxygen atoms in total. The number of phenols is 2. The molecule has 0 aliphatic carbocycles. The number of aryl methyl sites for hydroxylation is 3. The van der Waals surface area contributed by atoms with Crippen LogP contribution in [0.3, 0.4) is 0 Å². The number of aromatic nitrogens is 5. The number of imidazole rings is 1. The molecule has 0 saturated heterocycles. The Hall–Kier alpha value is -3.13. The van der Waals surface area contributed by atoms with Gasteiger partial charge in [0, 0.05) is 19.0 Å². The normalized spacial score (nSPS) is 11.4. The first-order valence-corrected chi connectivity index (χ1v) is 10.1. The lowest BCUT2D eigenvalue weighted by atomic mass is 10.1. The van der Waals surface area contributed by atoms with Crippen molar-refractivity contribution in [1.29, 1.82) is 0 Å². The Bertz CT molecular complexity index is 1270. The van der Waals surface area contributed by atoms with E-state index in [1.165, 1.54) is 6.07 Å². The molecule has 0 radical (unpaired) electrons. The molecule has 2 aromatic carbocycles. The van der Waals surface area contributed by atoms with Gasteiger partial charge in [-0.3, -0.25) is 9.67 Å². The number of nitrogens with zero attached hydrogens (tertiary/aromatic N) is 4. The fourth-order valence-electron chi connectivity index (χ4n) is 3.73. The van der Waals surface area contributed by atoms with E-state index in [1.807, 2.05) is 25.1 Å². The van der Waals surface area contributed by atoms with Gasteiger partial charge in [-0.25, -0.2) is 4.98 Å². The zero-order valence-electron chi connectivity index (χ0n) is 16.6. The molecule has 0 saturated carbocycles. The minimum atomic E-state index is -0.0560. The molecule has 4 aromatic rings. The zero-order valence-corrected chi connectivity index (χ0v) is 17.4. The largest absolute Gasteiger partial charge is 0.508 e. The summed E-state index contributed by atoms with van der Waals surface area (Å²) in [5.74, 6) is 1.53. The molecule has 8 heteroatoms. The summed E-state index contributed by atoms with van der Waals surface area (Å²) in [4.78, 5) is 4.76. The van der Waals surface area contributed by atoms with E-state index in [2.05, 4.69) is 28.6 Å². The molecule has 150 valence electrons. The standard InChI is InChI=1S/C21H23N5O2S/c1-4-12-9-14(18(28)11-17(12)27)20-23-24-21(29)26(20)13-7-8-16-15(10-13)22-19(5-2)25(16)6-3/h7-11,27-28H,4-6H2,1-3H3,(H,24,29). The fourth-order valence-corrected chi connectivity index (χ4v) is 3.97. The van der Waals surface area contributed by atoms with Crippen LogP contribution in [0.15, 0.2) is 30.3 Å². The number of hydrogen-bond acceptors (Lipinski definition) is 5. The van der Waals surface area contributed by atoms with Gasteiger partial charge in [0.05, 0.1) is 22.3 Å². The molecular weight excluding hydrogens is 386 g/mol. The zero-order chi connectivity index (χ0) is 20.7. The van der Waals surface area contributed by atoms with E-state index in [9.17, 15) is 10.2 Å². The molecule has 0 spiro atoms. The summed E-state index contributed by atoms with van der Waals surface area (Å²) < 4.78 is 4.39. The van der Waals surface area contributed by atoms with E-state index >= 15 is 0 Å². The predicted molar refractivity (Wildman–Crippen MR) is 115 cm³/mol. The Morgan fingerprint density at radius 2 is 1.83 bits per heavy atom. The van der Waals surface area contributed by atoms with Crippen LogP contribution in [0.2, 0.25) is 0 Å². The van der Waals surface area contributed by atoms with Gasteiger partial charge in [-0.15, -0.1) is 0 Å². The summed E-state index contributed by atoms with van der Waals surface area (Å²) in [5, 5.41) is 27.6. The lowest BCUT2D eigenvalue weighted by Crippen LogP contribution is -2.00. The molecule has 0 amide bonds. The highest BCUT2D eigenvalue weighted by molar-refractivity contribution is 7.71. The molecule has 2 heterocycles. The number of H-pyrrole nitrogens is 1. The average molecular weight is 410 g/mol. The third-order valence-corrected chi connectivity index (χ3v) is 5.47. The van der Waals surface area contributed by atoms with E-state index in [0.717, 1.165) is 41.1 Å². The van der Waals surface area contributed by atoms with Crippen molar-refractivity contribution < 1.29 is 10.2 Å². The van der Waals surface area contributed by atoms with Crippen LogP contribution < -0.4 is 0 Å². The van der Waals surface area contributed by atoms with E-state index in [4.69, 9.17) is 17.2 Å². The first-order chi connectivity index (χ1) is 14.0. The third-order valence-electron chi connectivity index (χ3n) is 5.19. The third kappa shape index (κ3) is 3.09. The lowest BCUT2D eigenvalue weighted by molar-refractivity contribution is 0.447. The van der Waals surface area contributed by atoms with E-state index in [0.29, 0.717) is 22.6 Å². The molecule has 0 aliphatic rings. The van der Waals surface area contributed by atoms with Crippen molar-refractivity contribution in [3.05, 3.63) is 46.5 Å². The van der Waals surface area contributed by atoms with Crippen LogP contribution in [0.1, 0.15) is 32.2 Å². The number of phenolic OH excluding ortho intramolecular Hbond substituents is 2. The number of aromatic amines is 1. The maximum absolute atomic E-state index is 10.4. The number of rotatable bonds is 5. The molecule has 29 heavy (non-hydrogen) atoms. The predicted octanol–water partition coefficient (Wildman–Crippen LogP) is 4.50. The van der Waals surface area contributed by atoms with Crippen LogP contribution in [0.25, 0.3) is 28.1 Å². The molecule has 2 aromatic heterocycles. The van der Waals surface area contributed by atoms with Crippen molar-refractivity contribution in [2.45, 2.75) is 40.2 Å².